The molecule has 0 unspecified atom stereocenters. The van der Waals surface area contributed by atoms with Gasteiger partial charge < -0.3 is 39.5 Å². The average Bonchev–Trinajstić information content (AvgIpc) is 4.04. The number of alkyl carbamates (subject to hydrolysis) is 1. The zero-order chi connectivity index (χ0) is 36.9. The van der Waals surface area contributed by atoms with Crippen LogP contribution >= 0.6 is 0 Å². The van der Waals surface area contributed by atoms with E-state index < -0.39 is 12.1 Å². The van der Waals surface area contributed by atoms with Crippen LogP contribution in [0.1, 0.15) is 75.1 Å². The Hall–Kier alpha value is -5.88. The molecule has 3 aliphatic heterocycles. The van der Waals surface area contributed by atoms with Gasteiger partial charge in [-0.2, -0.15) is 0 Å². The second-order valence-electron chi connectivity index (χ2n) is 14.8. The number of carbonyl (C=O) groups is 2. The Morgan fingerprint density at radius 3 is 2.43 bits per heavy atom. The van der Waals surface area contributed by atoms with Crippen LogP contribution in [0.2, 0.25) is 0 Å². The lowest BCUT2D eigenvalue weighted by atomic mass is 10.0. The van der Waals surface area contributed by atoms with Crippen molar-refractivity contribution in [1.29, 1.82) is 0 Å². The fourth-order valence-corrected chi connectivity index (χ4v) is 8.29. The summed E-state index contributed by atoms with van der Waals surface area (Å²) < 4.78 is 14.0. The Balaban J connectivity index is 1.04. The Labute approximate surface area is 313 Å². The molecule has 2 saturated heterocycles. The molecule has 0 radical (unpaired) electrons. The van der Waals surface area contributed by atoms with Gasteiger partial charge in [0.25, 0.3) is 0 Å². The van der Waals surface area contributed by atoms with Crippen molar-refractivity contribution in [2.24, 2.45) is 5.92 Å². The first-order valence-corrected chi connectivity index (χ1v) is 18.9. The van der Waals surface area contributed by atoms with E-state index >= 15 is 0 Å². The predicted octanol–water partition coefficient (Wildman–Crippen LogP) is 7.50. The SMILES string of the molecule is COC(=O)N[C@H](C(=O)N1CCC[C@H]1c1ncc(-c2ccc3c(c2)cc2n3[C@H](c3ccccc3)Oc3cc(-c4cnc([C@@H]5CCCN5)[nH]4)ccc3-2)[nH]1)C(C)C. The molecule has 2 amide bonds. The number of nitrogens with one attached hydrogen (secondary N) is 4. The smallest absolute Gasteiger partial charge is 0.407 e. The molecule has 276 valence electrons. The van der Waals surface area contributed by atoms with Crippen LogP contribution in [0.3, 0.4) is 0 Å². The van der Waals surface area contributed by atoms with Gasteiger partial charge in [-0.25, -0.2) is 14.8 Å². The lowest BCUT2D eigenvalue weighted by Gasteiger charge is -2.30. The highest BCUT2D eigenvalue weighted by atomic mass is 16.5. The predicted molar refractivity (Wildman–Crippen MR) is 206 cm³/mol. The molecule has 0 spiro atoms. The second-order valence-corrected chi connectivity index (χ2v) is 14.8. The largest absolute Gasteiger partial charge is 0.465 e. The van der Waals surface area contributed by atoms with Crippen LogP contribution in [-0.4, -0.2) is 67.6 Å². The number of amides is 2. The maximum atomic E-state index is 13.7. The Bertz CT molecular complexity index is 2340. The number of imidazole rings is 2. The van der Waals surface area contributed by atoms with E-state index in [-0.39, 0.29) is 30.1 Å². The summed E-state index contributed by atoms with van der Waals surface area (Å²) in [6.07, 6.45) is 6.67. The van der Waals surface area contributed by atoms with E-state index in [1.807, 2.05) is 49.3 Å². The zero-order valence-corrected chi connectivity index (χ0v) is 30.6. The fraction of sp³-hybridized carbons (Fsp3) is 0.333. The summed E-state index contributed by atoms with van der Waals surface area (Å²) in [6, 6.07) is 24.8. The van der Waals surface area contributed by atoms with Crippen molar-refractivity contribution < 1.29 is 19.1 Å². The number of fused-ring (bicyclic) bond motifs is 5. The normalized spacial score (nSPS) is 19.8. The molecule has 54 heavy (non-hydrogen) atoms. The lowest BCUT2D eigenvalue weighted by Crippen LogP contribution is -2.51. The maximum absolute atomic E-state index is 13.7. The van der Waals surface area contributed by atoms with E-state index in [0.717, 1.165) is 99.9 Å². The first-order chi connectivity index (χ1) is 26.4. The number of rotatable bonds is 8. The molecule has 12 nitrogen and oxygen atoms in total. The van der Waals surface area contributed by atoms with Gasteiger partial charge >= 0.3 is 6.09 Å². The summed E-state index contributed by atoms with van der Waals surface area (Å²) in [5.41, 5.74) is 8.09. The van der Waals surface area contributed by atoms with E-state index in [4.69, 9.17) is 19.4 Å². The summed E-state index contributed by atoms with van der Waals surface area (Å²) in [5, 5.41) is 7.33. The number of hydrogen-bond donors (Lipinski definition) is 4. The van der Waals surface area contributed by atoms with Gasteiger partial charge in [-0.1, -0.05) is 56.3 Å². The Morgan fingerprint density at radius 2 is 1.67 bits per heavy atom. The van der Waals surface area contributed by atoms with Gasteiger partial charge in [0.1, 0.15) is 23.4 Å². The van der Waals surface area contributed by atoms with Crippen LogP contribution in [0.4, 0.5) is 4.79 Å². The number of aromatic amines is 2. The third kappa shape index (κ3) is 6.00. The van der Waals surface area contributed by atoms with E-state index in [1.54, 1.807) is 0 Å². The van der Waals surface area contributed by atoms with Gasteiger partial charge in [-0.15, -0.1) is 0 Å². The monoisotopic (exact) mass is 724 g/mol. The van der Waals surface area contributed by atoms with Crippen molar-refractivity contribution in [2.45, 2.75) is 63.9 Å². The molecule has 4 atom stereocenters. The number of likely N-dealkylation sites (tertiary alicyclic amines) is 1. The third-order valence-corrected chi connectivity index (χ3v) is 11.1. The number of H-pyrrole nitrogens is 2. The molecule has 3 aliphatic rings. The number of nitrogens with zero attached hydrogens (tertiary/aromatic N) is 4. The number of benzene rings is 3. The van der Waals surface area contributed by atoms with Gasteiger partial charge in [-0.3, -0.25) is 4.79 Å². The van der Waals surface area contributed by atoms with E-state index in [1.165, 1.54) is 7.11 Å². The van der Waals surface area contributed by atoms with Crippen LogP contribution in [0.15, 0.2) is 85.2 Å². The first-order valence-electron chi connectivity index (χ1n) is 18.9. The van der Waals surface area contributed by atoms with E-state index in [9.17, 15) is 9.59 Å². The molecular formula is C42H44N8O4. The number of hydrogen-bond acceptors (Lipinski definition) is 7. The summed E-state index contributed by atoms with van der Waals surface area (Å²) in [4.78, 5) is 44.1. The maximum Gasteiger partial charge on any atom is 0.407 e. The highest BCUT2D eigenvalue weighted by molar-refractivity contribution is 5.92. The van der Waals surface area contributed by atoms with Gasteiger partial charge in [0.2, 0.25) is 12.1 Å². The molecular weight excluding hydrogens is 681 g/mol. The molecule has 2 fully saturated rings. The molecule has 6 heterocycles. The standard InChI is InChI=1S/C42H44N8O4/c1-24(2)37(48-42(52)53-3)40(51)49-18-8-12-34(49)39-45-23-31(47-39)26-14-16-33-28(19-26)20-35-29-15-13-27(32-22-44-38(46-32)30-11-7-17-43-30)21-36(29)54-41(50(33)35)25-9-5-4-6-10-25/h4-6,9-10,13-16,19-24,30,34,37,41,43H,7-8,11-12,17-18H2,1-3H3,(H,44,46)(H,45,47)(H,48,52)/t30-,34-,37-,41-/m0/s1. The summed E-state index contributed by atoms with van der Waals surface area (Å²) in [7, 11) is 1.30. The number of carbonyl (C=O) groups excluding carboxylic acids is 2. The fourth-order valence-electron chi connectivity index (χ4n) is 8.29. The highest BCUT2D eigenvalue weighted by Gasteiger charge is 2.38. The molecule has 0 aliphatic carbocycles. The van der Waals surface area contributed by atoms with Crippen LogP contribution < -0.4 is 15.4 Å². The van der Waals surface area contributed by atoms with Crippen molar-refractivity contribution in [2.75, 3.05) is 20.2 Å². The quantitative estimate of drug-likeness (QED) is 0.127. The van der Waals surface area contributed by atoms with Crippen LogP contribution in [0.25, 0.3) is 44.7 Å². The molecule has 9 rings (SSSR count). The van der Waals surface area contributed by atoms with Crippen molar-refractivity contribution in [3.8, 4) is 39.5 Å². The zero-order valence-electron chi connectivity index (χ0n) is 30.6. The minimum absolute atomic E-state index is 0.102. The van der Waals surface area contributed by atoms with Crippen molar-refractivity contribution in [3.63, 3.8) is 0 Å². The minimum atomic E-state index is -0.686. The minimum Gasteiger partial charge on any atom is -0.465 e. The Morgan fingerprint density at radius 1 is 0.907 bits per heavy atom. The summed E-state index contributed by atoms with van der Waals surface area (Å²) in [6.45, 7) is 5.45. The first kappa shape index (κ1) is 33.9. The van der Waals surface area contributed by atoms with E-state index in [2.05, 4.69) is 79.8 Å². The van der Waals surface area contributed by atoms with Gasteiger partial charge in [0.05, 0.1) is 54.2 Å². The summed E-state index contributed by atoms with van der Waals surface area (Å²) >= 11 is 0. The van der Waals surface area contributed by atoms with Crippen molar-refractivity contribution in [1.82, 2.24) is 40.0 Å². The molecule has 6 aromatic rings. The van der Waals surface area contributed by atoms with Crippen molar-refractivity contribution in [3.05, 3.63) is 102 Å². The number of methoxy groups -OCH3 is 1. The van der Waals surface area contributed by atoms with Crippen molar-refractivity contribution >= 4 is 22.9 Å². The summed E-state index contributed by atoms with van der Waals surface area (Å²) in [5.74, 6) is 2.30. The van der Waals surface area contributed by atoms with Gasteiger partial charge in [0, 0.05) is 34.2 Å². The Kier molecular flexibility index (Phi) is 8.69. The number of ether oxygens (including phenoxy) is 2. The molecule has 0 bridgehead atoms. The lowest BCUT2D eigenvalue weighted by molar-refractivity contribution is -0.135. The number of aromatic nitrogens is 5. The topological polar surface area (TPSA) is 142 Å². The van der Waals surface area contributed by atoms with Crippen LogP contribution in [0.5, 0.6) is 5.75 Å². The van der Waals surface area contributed by atoms with Gasteiger partial charge in [0.15, 0.2) is 0 Å². The van der Waals surface area contributed by atoms with Crippen LogP contribution in [-0.2, 0) is 9.53 Å². The van der Waals surface area contributed by atoms with Crippen LogP contribution in [0, 0.1) is 5.92 Å². The molecule has 12 heteroatoms. The molecule has 3 aromatic carbocycles. The molecule has 4 N–H and O–H groups in total. The van der Waals surface area contributed by atoms with Gasteiger partial charge in [-0.05, 0) is 68.5 Å². The molecule has 3 aromatic heterocycles. The third-order valence-electron chi connectivity index (χ3n) is 11.1. The average molecular weight is 725 g/mol. The highest BCUT2D eigenvalue weighted by Crippen LogP contribution is 2.46. The molecule has 0 saturated carbocycles. The second kappa shape index (κ2) is 13.8. The van der Waals surface area contributed by atoms with E-state index in [0.29, 0.717) is 6.54 Å².